The Morgan fingerprint density at radius 3 is 2.44 bits per heavy atom. The maximum Gasteiger partial charge on any atom is 0.315 e. The fourth-order valence-corrected chi connectivity index (χ4v) is 2.90. The van der Waals surface area contributed by atoms with Gasteiger partial charge in [-0.2, -0.15) is 5.26 Å². The summed E-state index contributed by atoms with van der Waals surface area (Å²) in [6.07, 6.45) is 3.52. The van der Waals surface area contributed by atoms with Gasteiger partial charge in [-0.1, -0.05) is 12.1 Å². The second kappa shape index (κ2) is 9.50. The average Bonchev–Trinajstić information content (AvgIpc) is 2.74. The van der Waals surface area contributed by atoms with Crippen molar-refractivity contribution in [2.75, 3.05) is 44.2 Å². The molecule has 8 nitrogen and oxygen atoms in total. The standard InChI is InChI=1S/C19H23N7O/c20-14-16-2-4-17(5-3-16)15-24-19(27)23-8-9-25-10-12-26(13-11-25)18-21-6-1-7-22-18/h1-7H,8-13,15H2,(H2,23,24,27). The first-order chi connectivity index (χ1) is 13.2. The van der Waals surface area contributed by atoms with Gasteiger partial charge in [-0.3, -0.25) is 4.90 Å². The first-order valence-corrected chi connectivity index (χ1v) is 8.99. The lowest BCUT2D eigenvalue weighted by Crippen LogP contribution is -2.49. The highest BCUT2D eigenvalue weighted by Gasteiger charge is 2.18. The molecule has 0 unspecified atom stereocenters. The van der Waals surface area contributed by atoms with Crippen molar-refractivity contribution in [2.45, 2.75) is 6.54 Å². The van der Waals surface area contributed by atoms with Crippen molar-refractivity contribution in [3.05, 3.63) is 53.9 Å². The van der Waals surface area contributed by atoms with Crippen molar-refractivity contribution in [2.24, 2.45) is 0 Å². The Kier molecular flexibility index (Phi) is 6.55. The van der Waals surface area contributed by atoms with Crippen LogP contribution in [0.4, 0.5) is 10.7 Å². The number of hydrogen-bond acceptors (Lipinski definition) is 6. The molecule has 2 aromatic rings. The molecule has 1 aliphatic heterocycles. The zero-order valence-electron chi connectivity index (χ0n) is 15.1. The lowest BCUT2D eigenvalue weighted by atomic mass is 10.1. The molecule has 0 spiro atoms. The van der Waals surface area contributed by atoms with Crippen LogP contribution in [-0.4, -0.2) is 60.2 Å². The highest BCUT2D eigenvalue weighted by Crippen LogP contribution is 2.09. The maximum atomic E-state index is 11.9. The number of urea groups is 1. The molecule has 8 heteroatoms. The molecule has 1 fully saturated rings. The largest absolute Gasteiger partial charge is 0.338 e. The molecular formula is C19H23N7O. The number of piperazine rings is 1. The monoisotopic (exact) mass is 365 g/mol. The van der Waals surface area contributed by atoms with Crippen LogP contribution in [0, 0.1) is 11.3 Å². The number of carbonyl (C=O) groups excluding carboxylic acids is 1. The number of aromatic nitrogens is 2. The third kappa shape index (κ3) is 5.66. The van der Waals surface area contributed by atoms with E-state index < -0.39 is 0 Å². The second-order valence-electron chi connectivity index (χ2n) is 6.30. The van der Waals surface area contributed by atoms with E-state index in [1.54, 1.807) is 24.5 Å². The van der Waals surface area contributed by atoms with Gasteiger partial charge >= 0.3 is 6.03 Å². The van der Waals surface area contributed by atoms with E-state index in [0.717, 1.165) is 44.2 Å². The molecule has 0 saturated carbocycles. The predicted octanol–water partition coefficient (Wildman–Crippen LogP) is 0.970. The summed E-state index contributed by atoms with van der Waals surface area (Å²) < 4.78 is 0. The molecule has 2 amide bonds. The minimum absolute atomic E-state index is 0.185. The van der Waals surface area contributed by atoms with E-state index in [-0.39, 0.29) is 6.03 Å². The number of nitrogens with zero attached hydrogens (tertiary/aromatic N) is 5. The van der Waals surface area contributed by atoms with E-state index in [1.165, 1.54) is 0 Å². The molecule has 1 aromatic heterocycles. The van der Waals surface area contributed by atoms with Crippen molar-refractivity contribution in [3.63, 3.8) is 0 Å². The first kappa shape index (κ1) is 18.6. The molecular weight excluding hydrogens is 342 g/mol. The third-order valence-electron chi connectivity index (χ3n) is 4.46. The number of nitrogens with one attached hydrogen (secondary N) is 2. The van der Waals surface area contributed by atoms with Crippen LogP contribution >= 0.6 is 0 Å². The molecule has 140 valence electrons. The summed E-state index contributed by atoms with van der Waals surface area (Å²) in [5.41, 5.74) is 1.57. The van der Waals surface area contributed by atoms with E-state index in [2.05, 4.69) is 36.5 Å². The van der Waals surface area contributed by atoms with Gasteiger partial charge in [-0.05, 0) is 23.8 Å². The van der Waals surface area contributed by atoms with Crippen molar-refractivity contribution in [3.8, 4) is 6.07 Å². The summed E-state index contributed by atoms with van der Waals surface area (Å²) in [4.78, 5) is 25.0. The smallest absolute Gasteiger partial charge is 0.315 e. The van der Waals surface area contributed by atoms with Gasteiger partial charge in [-0.25, -0.2) is 14.8 Å². The summed E-state index contributed by atoms with van der Waals surface area (Å²) in [5.74, 6) is 0.775. The van der Waals surface area contributed by atoms with Crippen LogP contribution in [0.25, 0.3) is 0 Å². The Morgan fingerprint density at radius 2 is 1.78 bits per heavy atom. The van der Waals surface area contributed by atoms with Gasteiger partial charge < -0.3 is 15.5 Å². The van der Waals surface area contributed by atoms with E-state index in [9.17, 15) is 4.79 Å². The number of rotatable bonds is 6. The summed E-state index contributed by atoms with van der Waals surface area (Å²) in [7, 11) is 0. The van der Waals surface area contributed by atoms with Gasteiger partial charge in [0.25, 0.3) is 0 Å². The van der Waals surface area contributed by atoms with E-state index in [1.807, 2.05) is 18.2 Å². The number of anilines is 1. The van der Waals surface area contributed by atoms with Crippen LogP contribution in [0.15, 0.2) is 42.7 Å². The minimum atomic E-state index is -0.185. The Morgan fingerprint density at radius 1 is 1.07 bits per heavy atom. The number of hydrogen-bond donors (Lipinski definition) is 2. The molecule has 2 heterocycles. The molecule has 1 aromatic carbocycles. The predicted molar refractivity (Wildman–Crippen MR) is 102 cm³/mol. The lowest BCUT2D eigenvalue weighted by molar-refractivity contribution is 0.231. The minimum Gasteiger partial charge on any atom is -0.338 e. The summed E-state index contributed by atoms with van der Waals surface area (Å²) in [6.45, 7) is 5.46. The normalized spacial score (nSPS) is 14.4. The third-order valence-corrected chi connectivity index (χ3v) is 4.46. The quantitative estimate of drug-likeness (QED) is 0.792. The van der Waals surface area contributed by atoms with Crippen LogP contribution in [0.2, 0.25) is 0 Å². The molecule has 1 aliphatic rings. The Balaban J connectivity index is 1.30. The number of nitriles is 1. The summed E-state index contributed by atoms with van der Waals surface area (Å²) in [5, 5.41) is 14.5. The van der Waals surface area contributed by atoms with Crippen LogP contribution in [-0.2, 0) is 6.54 Å². The van der Waals surface area contributed by atoms with Crippen molar-refractivity contribution >= 4 is 12.0 Å². The van der Waals surface area contributed by atoms with Gasteiger partial charge in [0.15, 0.2) is 0 Å². The highest BCUT2D eigenvalue weighted by molar-refractivity contribution is 5.73. The molecule has 27 heavy (non-hydrogen) atoms. The molecule has 0 radical (unpaired) electrons. The fourth-order valence-electron chi connectivity index (χ4n) is 2.90. The van der Waals surface area contributed by atoms with E-state index >= 15 is 0 Å². The molecule has 1 saturated heterocycles. The van der Waals surface area contributed by atoms with Gasteiger partial charge in [0.1, 0.15) is 0 Å². The van der Waals surface area contributed by atoms with Crippen LogP contribution in [0.1, 0.15) is 11.1 Å². The number of benzene rings is 1. The lowest BCUT2D eigenvalue weighted by Gasteiger charge is -2.34. The van der Waals surface area contributed by atoms with Crippen LogP contribution in [0.3, 0.4) is 0 Å². The Hall–Kier alpha value is -3.18. The first-order valence-electron chi connectivity index (χ1n) is 8.99. The van der Waals surface area contributed by atoms with Crippen molar-refractivity contribution in [1.29, 1.82) is 5.26 Å². The van der Waals surface area contributed by atoms with E-state index in [4.69, 9.17) is 5.26 Å². The molecule has 3 rings (SSSR count). The SMILES string of the molecule is N#Cc1ccc(CNC(=O)NCCN2CCN(c3ncccn3)CC2)cc1. The van der Waals surface area contributed by atoms with Gasteiger partial charge in [-0.15, -0.1) is 0 Å². The molecule has 0 atom stereocenters. The summed E-state index contributed by atoms with van der Waals surface area (Å²) >= 11 is 0. The maximum absolute atomic E-state index is 11.9. The molecule has 0 bridgehead atoms. The van der Waals surface area contributed by atoms with Crippen molar-refractivity contribution in [1.82, 2.24) is 25.5 Å². The van der Waals surface area contributed by atoms with Crippen LogP contribution in [0.5, 0.6) is 0 Å². The van der Waals surface area contributed by atoms with Gasteiger partial charge in [0, 0.05) is 58.2 Å². The van der Waals surface area contributed by atoms with Gasteiger partial charge in [0.2, 0.25) is 5.95 Å². The highest BCUT2D eigenvalue weighted by atomic mass is 16.2. The zero-order chi connectivity index (χ0) is 18.9. The second-order valence-corrected chi connectivity index (χ2v) is 6.30. The Labute approximate surface area is 158 Å². The number of carbonyl (C=O) groups is 1. The number of amides is 2. The van der Waals surface area contributed by atoms with Crippen LogP contribution < -0.4 is 15.5 Å². The topological polar surface area (TPSA) is 97.2 Å². The van der Waals surface area contributed by atoms with E-state index in [0.29, 0.717) is 18.7 Å². The van der Waals surface area contributed by atoms with Gasteiger partial charge in [0.05, 0.1) is 11.6 Å². The zero-order valence-corrected chi connectivity index (χ0v) is 15.1. The summed E-state index contributed by atoms with van der Waals surface area (Å²) in [6, 6.07) is 10.9. The Bertz CT molecular complexity index is 765. The fraction of sp³-hybridized carbons (Fsp3) is 0.368. The average molecular weight is 365 g/mol. The molecule has 2 N–H and O–H groups in total. The van der Waals surface area contributed by atoms with Crippen molar-refractivity contribution < 1.29 is 4.79 Å². The molecule has 0 aliphatic carbocycles.